The van der Waals surface area contributed by atoms with E-state index in [9.17, 15) is 0 Å². The Labute approximate surface area is 158 Å². The molecule has 0 spiro atoms. The van der Waals surface area contributed by atoms with E-state index in [1.54, 1.807) is 7.11 Å². The van der Waals surface area contributed by atoms with Gasteiger partial charge in [0.25, 0.3) is 0 Å². The molecule has 3 heterocycles. The summed E-state index contributed by atoms with van der Waals surface area (Å²) in [6.45, 7) is 4.12. The molecule has 2 aliphatic rings. The fourth-order valence-corrected chi connectivity index (χ4v) is 4.12. The molecule has 0 radical (unpaired) electrons. The van der Waals surface area contributed by atoms with Gasteiger partial charge in [0.05, 0.1) is 30.1 Å². The Morgan fingerprint density at radius 2 is 1.93 bits per heavy atom. The monoisotopic (exact) mass is 363 g/mol. The highest BCUT2D eigenvalue weighted by atomic mass is 16.5. The van der Waals surface area contributed by atoms with Crippen LogP contribution in [0.25, 0.3) is 11.0 Å². The molecule has 1 saturated carbocycles. The van der Waals surface area contributed by atoms with Crippen molar-refractivity contribution in [2.24, 2.45) is 0 Å². The normalized spacial score (nSPS) is 17.4. The predicted molar refractivity (Wildman–Crippen MR) is 107 cm³/mol. The molecule has 3 aromatic rings. The molecule has 2 N–H and O–H groups in total. The van der Waals surface area contributed by atoms with Crippen molar-refractivity contribution in [1.29, 1.82) is 0 Å². The number of rotatable bonds is 5. The molecule has 1 aliphatic heterocycles. The van der Waals surface area contributed by atoms with E-state index in [-0.39, 0.29) is 0 Å². The number of nitrogens with zero attached hydrogens (tertiary/aromatic N) is 3. The molecule has 2 fully saturated rings. The Balaban J connectivity index is 1.61. The average Bonchev–Trinajstić information content (AvgIpc) is 3.45. The van der Waals surface area contributed by atoms with Gasteiger partial charge < -0.3 is 15.0 Å². The maximum Gasteiger partial charge on any atom is 0.157 e. The number of pyridine rings is 1. The number of ether oxygens (including phenoxy) is 1. The van der Waals surface area contributed by atoms with Crippen LogP contribution in [0.5, 0.6) is 5.75 Å². The van der Waals surface area contributed by atoms with Crippen LogP contribution in [0.4, 0.5) is 5.69 Å². The SMILES string of the molecule is COc1ccc(Cc2nc3[nH]ncc3c(N3CCNCC3)c2C2CC2)cc1. The molecule has 140 valence electrons. The van der Waals surface area contributed by atoms with Gasteiger partial charge in [0.1, 0.15) is 5.75 Å². The molecule has 0 amide bonds. The van der Waals surface area contributed by atoms with E-state index in [1.807, 2.05) is 18.3 Å². The third-order valence-electron chi connectivity index (χ3n) is 5.64. The second kappa shape index (κ2) is 6.85. The quantitative estimate of drug-likeness (QED) is 0.730. The van der Waals surface area contributed by atoms with Crippen LogP contribution >= 0.6 is 0 Å². The van der Waals surface area contributed by atoms with E-state index in [0.717, 1.165) is 49.4 Å². The van der Waals surface area contributed by atoms with Crippen LogP contribution in [0.2, 0.25) is 0 Å². The summed E-state index contributed by atoms with van der Waals surface area (Å²) in [5, 5.41) is 12.0. The first-order valence-corrected chi connectivity index (χ1v) is 9.78. The molecule has 0 bridgehead atoms. The second-order valence-corrected chi connectivity index (χ2v) is 7.49. The lowest BCUT2D eigenvalue weighted by Crippen LogP contribution is -2.44. The summed E-state index contributed by atoms with van der Waals surface area (Å²) in [6.07, 6.45) is 5.31. The Morgan fingerprint density at radius 1 is 1.15 bits per heavy atom. The minimum absolute atomic E-state index is 0.634. The van der Waals surface area contributed by atoms with Gasteiger partial charge in [0.2, 0.25) is 0 Å². The minimum atomic E-state index is 0.634. The van der Waals surface area contributed by atoms with Crippen LogP contribution in [0.15, 0.2) is 30.5 Å². The van der Waals surface area contributed by atoms with Crippen molar-refractivity contribution in [2.45, 2.75) is 25.2 Å². The fourth-order valence-electron chi connectivity index (χ4n) is 4.12. The van der Waals surface area contributed by atoms with E-state index in [4.69, 9.17) is 9.72 Å². The van der Waals surface area contributed by atoms with Crippen LogP contribution in [0.1, 0.15) is 35.6 Å². The number of methoxy groups -OCH3 is 1. The summed E-state index contributed by atoms with van der Waals surface area (Å²) in [6, 6.07) is 8.33. The molecule has 5 rings (SSSR count). The summed E-state index contributed by atoms with van der Waals surface area (Å²) < 4.78 is 5.30. The van der Waals surface area contributed by atoms with E-state index in [0.29, 0.717) is 5.92 Å². The van der Waals surface area contributed by atoms with Gasteiger partial charge in [-0.05, 0) is 36.5 Å². The predicted octanol–water partition coefficient (Wildman–Crippen LogP) is 2.84. The fraction of sp³-hybridized carbons (Fsp3) is 0.429. The number of hydrogen-bond acceptors (Lipinski definition) is 5. The van der Waals surface area contributed by atoms with Crippen molar-refractivity contribution in [3.63, 3.8) is 0 Å². The smallest absolute Gasteiger partial charge is 0.157 e. The number of anilines is 1. The van der Waals surface area contributed by atoms with Crippen LogP contribution in [0.3, 0.4) is 0 Å². The van der Waals surface area contributed by atoms with Crippen molar-refractivity contribution in [1.82, 2.24) is 20.5 Å². The second-order valence-electron chi connectivity index (χ2n) is 7.49. The first-order chi connectivity index (χ1) is 13.3. The third-order valence-corrected chi connectivity index (χ3v) is 5.64. The maximum absolute atomic E-state index is 5.30. The summed E-state index contributed by atoms with van der Waals surface area (Å²) in [4.78, 5) is 7.53. The Morgan fingerprint density at radius 3 is 2.63 bits per heavy atom. The van der Waals surface area contributed by atoms with Crippen LogP contribution < -0.4 is 15.0 Å². The topological polar surface area (TPSA) is 66.1 Å². The number of H-pyrrole nitrogens is 1. The molecule has 0 atom stereocenters. The van der Waals surface area contributed by atoms with Crippen molar-refractivity contribution in [2.75, 3.05) is 38.2 Å². The maximum atomic E-state index is 5.30. The number of piperazine rings is 1. The van der Waals surface area contributed by atoms with Crippen molar-refractivity contribution in [3.8, 4) is 5.75 Å². The highest BCUT2D eigenvalue weighted by molar-refractivity contribution is 5.92. The van der Waals surface area contributed by atoms with E-state index < -0.39 is 0 Å². The number of nitrogens with one attached hydrogen (secondary N) is 2. The largest absolute Gasteiger partial charge is 0.497 e. The van der Waals surface area contributed by atoms with Gasteiger partial charge in [-0.2, -0.15) is 5.10 Å². The number of fused-ring (bicyclic) bond motifs is 1. The number of aromatic amines is 1. The summed E-state index contributed by atoms with van der Waals surface area (Å²) in [5.74, 6) is 1.52. The van der Waals surface area contributed by atoms with Gasteiger partial charge in [-0.3, -0.25) is 5.10 Å². The minimum Gasteiger partial charge on any atom is -0.497 e. The number of hydrogen-bond donors (Lipinski definition) is 2. The molecule has 27 heavy (non-hydrogen) atoms. The van der Waals surface area contributed by atoms with Crippen LogP contribution in [-0.2, 0) is 6.42 Å². The average molecular weight is 363 g/mol. The molecule has 1 aromatic carbocycles. The Kier molecular flexibility index (Phi) is 4.20. The zero-order valence-electron chi connectivity index (χ0n) is 15.7. The van der Waals surface area contributed by atoms with Crippen molar-refractivity contribution in [3.05, 3.63) is 47.3 Å². The molecular formula is C21H25N5O. The highest BCUT2D eigenvalue weighted by Gasteiger charge is 2.33. The summed E-state index contributed by atoms with van der Waals surface area (Å²) >= 11 is 0. The van der Waals surface area contributed by atoms with Crippen molar-refractivity contribution < 1.29 is 4.74 Å². The third kappa shape index (κ3) is 3.14. The number of aromatic nitrogens is 3. The van der Waals surface area contributed by atoms with E-state index in [2.05, 4.69) is 32.5 Å². The van der Waals surface area contributed by atoms with Gasteiger partial charge in [0, 0.05) is 38.2 Å². The van der Waals surface area contributed by atoms with Gasteiger partial charge >= 0.3 is 0 Å². The molecule has 6 heteroatoms. The van der Waals surface area contributed by atoms with Crippen LogP contribution in [0, 0.1) is 0 Å². The highest BCUT2D eigenvalue weighted by Crippen LogP contribution is 2.48. The molecular weight excluding hydrogens is 338 g/mol. The molecule has 0 unspecified atom stereocenters. The van der Waals surface area contributed by atoms with E-state index >= 15 is 0 Å². The zero-order chi connectivity index (χ0) is 18.2. The zero-order valence-corrected chi connectivity index (χ0v) is 15.7. The van der Waals surface area contributed by atoms with Crippen LogP contribution in [-0.4, -0.2) is 48.5 Å². The lowest BCUT2D eigenvalue weighted by molar-refractivity contribution is 0.414. The van der Waals surface area contributed by atoms with Gasteiger partial charge in [0.15, 0.2) is 5.65 Å². The standard InChI is InChI=1S/C21H25N5O/c1-27-16-6-2-14(3-7-16)12-18-19(15-4-5-15)20(26-10-8-22-9-11-26)17-13-23-25-21(17)24-18/h2-3,6-7,13,15,22H,4-5,8-12H2,1H3,(H,23,24,25). The van der Waals surface area contributed by atoms with Gasteiger partial charge in [-0.15, -0.1) is 0 Å². The number of benzene rings is 1. The van der Waals surface area contributed by atoms with Gasteiger partial charge in [-0.1, -0.05) is 12.1 Å². The first-order valence-electron chi connectivity index (χ1n) is 9.78. The summed E-state index contributed by atoms with van der Waals surface area (Å²) in [7, 11) is 1.70. The lowest BCUT2D eigenvalue weighted by atomic mass is 9.98. The summed E-state index contributed by atoms with van der Waals surface area (Å²) in [5.41, 5.74) is 6.16. The lowest BCUT2D eigenvalue weighted by Gasteiger charge is -2.32. The Hall–Kier alpha value is -2.60. The van der Waals surface area contributed by atoms with Gasteiger partial charge in [-0.25, -0.2) is 4.98 Å². The molecule has 1 saturated heterocycles. The Bertz CT molecular complexity index is 939. The van der Waals surface area contributed by atoms with E-state index in [1.165, 1.54) is 35.3 Å². The molecule has 1 aliphatic carbocycles. The molecule has 6 nitrogen and oxygen atoms in total. The first kappa shape index (κ1) is 16.6. The van der Waals surface area contributed by atoms with Crippen molar-refractivity contribution >= 4 is 16.7 Å². The molecule has 2 aromatic heterocycles.